The molecule has 174 valence electrons. The summed E-state index contributed by atoms with van der Waals surface area (Å²) in [6, 6.07) is 2.11. The molecule has 1 fully saturated rings. The first-order valence-corrected chi connectivity index (χ1v) is 10.7. The summed E-state index contributed by atoms with van der Waals surface area (Å²) in [6.07, 6.45) is 0.967. The molecule has 0 atom stereocenters. The first-order chi connectivity index (χ1) is 14.5. The Kier molecular flexibility index (Phi) is 10.7. The van der Waals surface area contributed by atoms with Crippen LogP contribution in [-0.2, 0) is 24.9 Å². The molecule has 3 rings (SSSR count). The maximum absolute atomic E-state index is 5.42. The third kappa shape index (κ3) is 8.04. The molecule has 2 aromatic heterocycles. The average molecular weight is 545 g/mol. The molecule has 10 nitrogen and oxygen atoms in total. The normalized spacial score (nSPS) is 15.0. The second-order valence-corrected chi connectivity index (χ2v) is 7.70. The lowest BCUT2D eigenvalue weighted by Crippen LogP contribution is -2.44. The number of hydrogen-bond donors (Lipinski definition) is 2. The molecule has 1 aliphatic rings. The Morgan fingerprint density at radius 2 is 1.84 bits per heavy atom. The van der Waals surface area contributed by atoms with Gasteiger partial charge in [0.05, 0.1) is 18.9 Å². The van der Waals surface area contributed by atoms with Crippen molar-refractivity contribution in [2.24, 2.45) is 12.0 Å². The van der Waals surface area contributed by atoms with Crippen molar-refractivity contribution < 1.29 is 4.74 Å². The van der Waals surface area contributed by atoms with Crippen molar-refractivity contribution in [2.45, 2.75) is 40.3 Å². The number of morpholine rings is 1. The first kappa shape index (κ1) is 25.5. The standard InChI is InChI=1S/C20H35N9O.HI/c1-16-14-17(2)29(26-16)8-5-6-21-20(22-7-9-28-10-12-30-13-11-28)23-15-19-25-24-18(3)27(19)4;/h14H,5-13,15H2,1-4H3,(H2,21,22,23);1H. The van der Waals surface area contributed by atoms with Gasteiger partial charge in [0.15, 0.2) is 11.8 Å². The van der Waals surface area contributed by atoms with Crippen molar-refractivity contribution in [3.63, 3.8) is 0 Å². The summed E-state index contributed by atoms with van der Waals surface area (Å²) in [6.45, 7) is 13.7. The Labute approximate surface area is 201 Å². The van der Waals surface area contributed by atoms with Gasteiger partial charge in [0.2, 0.25) is 0 Å². The molecule has 0 saturated carbocycles. The number of guanidine groups is 1. The van der Waals surface area contributed by atoms with Crippen molar-refractivity contribution in [2.75, 3.05) is 45.9 Å². The molecule has 0 unspecified atom stereocenters. The largest absolute Gasteiger partial charge is 0.379 e. The fraction of sp³-hybridized carbons (Fsp3) is 0.700. The number of ether oxygens (including phenoxy) is 1. The second-order valence-electron chi connectivity index (χ2n) is 7.70. The van der Waals surface area contributed by atoms with Crippen LogP contribution in [0.5, 0.6) is 0 Å². The maximum atomic E-state index is 5.42. The minimum absolute atomic E-state index is 0. The minimum Gasteiger partial charge on any atom is -0.379 e. The van der Waals surface area contributed by atoms with Crippen molar-refractivity contribution in [1.82, 2.24) is 40.1 Å². The number of nitrogens with zero attached hydrogens (tertiary/aromatic N) is 7. The van der Waals surface area contributed by atoms with Crippen LogP contribution >= 0.6 is 24.0 Å². The van der Waals surface area contributed by atoms with Crippen molar-refractivity contribution in [3.8, 4) is 0 Å². The van der Waals surface area contributed by atoms with E-state index >= 15 is 0 Å². The average Bonchev–Trinajstić information content (AvgIpc) is 3.23. The number of halogens is 1. The van der Waals surface area contributed by atoms with Gasteiger partial charge in [-0.25, -0.2) is 4.99 Å². The van der Waals surface area contributed by atoms with Gasteiger partial charge in [-0.3, -0.25) is 9.58 Å². The molecule has 0 aliphatic carbocycles. The summed E-state index contributed by atoms with van der Waals surface area (Å²) in [5, 5.41) is 19.7. The summed E-state index contributed by atoms with van der Waals surface area (Å²) in [5.41, 5.74) is 2.26. The molecule has 2 aromatic rings. The van der Waals surface area contributed by atoms with E-state index in [1.807, 2.05) is 25.5 Å². The lowest BCUT2D eigenvalue weighted by molar-refractivity contribution is 0.0389. The molecule has 31 heavy (non-hydrogen) atoms. The highest BCUT2D eigenvalue weighted by Gasteiger charge is 2.10. The SMILES string of the molecule is Cc1cc(C)n(CCCNC(=NCc2nnc(C)n2C)NCCN2CCOCC2)n1.I. The predicted molar refractivity (Wildman–Crippen MR) is 132 cm³/mol. The van der Waals surface area contributed by atoms with E-state index in [-0.39, 0.29) is 24.0 Å². The molecular weight excluding hydrogens is 509 g/mol. The molecule has 11 heteroatoms. The molecule has 0 aromatic carbocycles. The van der Waals surface area contributed by atoms with Crippen LogP contribution in [0, 0.1) is 20.8 Å². The molecule has 1 aliphatic heterocycles. The van der Waals surface area contributed by atoms with Crippen LogP contribution in [0.25, 0.3) is 0 Å². The van der Waals surface area contributed by atoms with Gasteiger partial charge in [-0.15, -0.1) is 34.2 Å². The molecule has 0 radical (unpaired) electrons. The van der Waals surface area contributed by atoms with E-state index in [1.54, 1.807) is 0 Å². The van der Waals surface area contributed by atoms with Crippen molar-refractivity contribution >= 4 is 29.9 Å². The van der Waals surface area contributed by atoms with Crippen LogP contribution in [0.1, 0.15) is 29.5 Å². The molecule has 2 N–H and O–H groups in total. The summed E-state index contributed by atoms with van der Waals surface area (Å²) in [5.74, 6) is 2.54. The topological polar surface area (TPSA) is 97.4 Å². The van der Waals surface area contributed by atoms with Crippen LogP contribution < -0.4 is 10.6 Å². The van der Waals surface area contributed by atoms with Crippen LogP contribution in [0.15, 0.2) is 11.1 Å². The third-order valence-corrected chi connectivity index (χ3v) is 5.33. The van der Waals surface area contributed by atoms with E-state index in [9.17, 15) is 0 Å². The molecule has 0 spiro atoms. The first-order valence-electron chi connectivity index (χ1n) is 10.7. The monoisotopic (exact) mass is 545 g/mol. The van der Waals surface area contributed by atoms with Gasteiger partial charge in [-0.05, 0) is 33.3 Å². The highest BCUT2D eigenvalue weighted by molar-refractivity contribution is 14.0. The van der Waals surface area contributed by atoms with E-state index < -0.39 is 0 Å². The fourth-order valence-electron chi connectivity index (χ4n) is 3.41. The Morgan fingerprint density at radius 1 is 1.10 bits per heavy atom. The Balaban J connectivity index is 0.00000341. The molecule has 0 amide bonds. The molecule has 0 bridgehead atoms. The minimum atomic E-state index is 0. The summed E-state index contributed by atoms with van der Waals surface area (Å²) >= 11 is 0. The Bertz CT molecular complexity index is 827. The van der Waals surface area contributed by atoms with Gasteiger partial charge in [0, 0.05) is 52.0 Å². The highest BCUT2D eigenvalue weighted by atomic mass is 127. The van der Waals surface area contributed by atoms with Gasteiger partial charge in [-0.1, -0.05) is 0 Å². The van der Waals surface area contributed by atoms with Crippen LogP contribution in [0.3, 0.4) is 0 Å². The van der Waals surface area contributed by atoms with E-state index in [2.05, 4.69) is 48.5 Å². The van der Waals surface area contributed by atoms with Crippen LogP contribution in [0.4, 0.5) is 0 Å². The van der Waals surface area contributed by atoms with E-state index in [0.29, 0.717) is 6.54 Å². The quantitative estimate of drug-likeness (QED) is 0.210. The van der Waals surface area contributed by atoms with Gasteiger partial charge in [-0.2, -0.15) is 5.10 Å². The van der Waals surface area contributed by atoms with E-state index in [4.69, 9.17) is 9.73 Å². The molecule has 1 saturated heterocycles. The molecular formula is C20H36IN9O. The van der Waals surface area contributed by atoms with E-state index in [0.717, 1.165) is 82.2 Å². The van der Waals surface area contributed by atoms with Gasteiger partial charge >= 0.3 is 0 Å². The maximum Gasteiger partial charge on any atom is 0.191 e. The molecule has 3 heterocycles. The van der Waals surface area contributed by atoms with E-state index in [1.165, 1.54) is 5.69 Å². The van der Waals surface area contributed by atoms with Crippen molar-refractivity contribution in [3.05, 3.63) is 29.1 Å². The lowest BCUT2D eigenvalue weighted by Gasteiger charge is -2.26. The number of aliphatic imine (C=N–C) groups is 1. The summed E-state index contributed by atoms with van der Waals surface area (Å²) < 4.78 is 9.45. The third-order valence-electron chi connectivity index (χ3n) is 5.33. The van der Waals surface area contributed by atoms with Gasteiger partial charge in [0.1, 0.15) is 12.4 Å². The van der Waals surface area contributed by atoms with Crippen LogP contribution in [-0.4, -0.2) is 81.3 Å². The smallest absolute Gasteiger partial charge is 0.191 e. The zero-order chi connectivity index (χ0) is 21.3. The Morgan fingerprint density at radius 3 is 2.48 bits per heavy atom. The summed E-state index contributed by atoms with van der Waals surface area (Å²) in [4.78, 5) is 7.13. The lowest BCUT2D eigenvalue weighted by atomic mass is 10.4. The zero-order valence-electron chi connectivity index (χ0n) is 19.1. The predicted octanol–water partition coefficient (Wildman–Crippen LogP) is 1.01. The Hall–Kier alpha value is -1.73. The van der Waals surface area contributed by atoms with Crippen molar-refractivity contribution in [1.29, 1.82) is 0 Å². The highest BCUT2D eigenvalue weighted by Crippen LogP contribution is 2.02. The number of aryl methyl sites for hydroxylation is 4. The van der Waals surface area contributed by atoms with Gasteiger partial charge < -0.3 is 19.9 Å². The number of hydrogen-bond acceptors (Lipinski definition) is 6. The number of nitrogens with one attached hydrogen (secondary N) is 2. The summed E-state index contributed by atoms with van der Waals surface area (Å²) in [7, 11) is 1.97. The van der Waals surface area contributed by atoms with Gasteiger partial charge in [0.25, 0.3) is 0 Å². The fourth-order valence-corrected chi connectivity index (χ4v) is 3.41. The number of rotatable bonds is 9. The second kappa shape index (κ2) is 13.0. The van der Waals surface area contributed by atoms with Crippen LogP contribution in [0.2, 0.25) is 0 Å². The number of aromatic nitrogens is 5. The zero-order valence-corrected chi connectivity index (χ0v) is 21.4.